The highest BCUT2D eigenvalue weighted by molar-refractivity contribution is 5.46. The summed E-state index contributed by atoms with van der Waals surface area (Å²) < 4.78 is 0. The van der Waals surface area contributed by atoms with E-state index in [2.05, 4.69) is 39.9 Å². The van der Waals surface area contributed by atoms with Gasteiger partial charge in [0, 0.05) is 6.04 Å². The number of rotatable bonds is 7. The fourth-order valence-corrected chi connectivity index (χ4v) is 9.53. The summed E-state index contributed by atoms with van der Waals surface area (Å²) in [6.45, 7) is 12.7. The fraction of sp³-hybridized carbons (Fsp3) is 0.964. The molecule has 2 heteroatoms. The Morgan fingerprint density at radius 1 is 0.900 bits per heavy atom. The molecule has 4 rings (SSSR count). The second kappa shape index (κ2) is 8.78. The van der Waals surface area contributed by atoms with Crippen LogP contribution in [0, 0.1) is 52.3 Å². The van der Waals surface area contributed by atoms with Gasteiger partial charge in [-0.3, -0.25) is 4.79 Å². The maximum atomic E-state index is 11.0. The van der Waals surface area contributed by atoms with Crippen LogP contribution in [0.1, 0.15) is 112 Å². The van der Waals surface area contributed by atoms with E-state index in [1.165, 1.54) is 77.0 Å². The number of carbonyl (C=O) groups excluding carboxylic acids is 1. The zero-order chi connectivity index (χ0) is 21.5. The van der Waals surface area contributed by atoms with Crippen molar-refractivity contribution in [1.82, 2.24) is 5.32 Å². The molecule has 1 N–H and O–H groups in total. The van der Waals surface area contributed by atoms with E-state index in [9.17, 15) is 4.79 Å². The van der Waals surface area contributed by atoms with Crippen LogP contribution >= 0.6 is 0 Å². The van der Waals surface area contributed by atoms with E-state index in [1.54, 1.807) is 0 Å². The van der Waals surface area contributed by atoms with Crippen LogP contribution in [0.5, 0.6) is 0 Å². The molecule has 4 fully saturated rings. The molecule has 172 valence electrons. The van der Waals surface area contributed by atoms with Crippen molar-refractivity contribution in [3.63, 3.8) is 0 Å². The third kappa shape index (κ3) is 3.88. The summed E-state index contributed by atoms with van der Waals surface area (Å²) in [5, 5.41) is 3.11. The lowest BCUT2D eigenvalue weighted by Crippen LogP contribution is -2.55. The number of hydrogen-bond donors (Lipinski definition) is 1. The first-order chi connectivity index (χ1) is 14.3. The van der Waals surface area contributed by atoms with Crippen LogP contribution in [0.25, 0.3) is 0 Å². The van der Waals surface area contributed by atoms with Gasteiger partial charge in [0.05, 0.1) is 0 Å². The van der Waals surface area contributed by atoms with Gasteiger partial charge >= 0.3 is 0 Å². The highest BCUT2D eigenvalue weighted by Crippen LogP contribution is 2.68. The normalized spacial score (nSPS) is 46.6. The van der Waals surface area contributed by atoms with E-state index in [4.69, 9.17) is 0 Å². The van der Waals surface area contributed by atoms with Crippen LogP contribution in [0.2, 0.25) is 0 Å². The Balaban J connectivity index is 1.44. The summed E-state index contributed by atoms with van der Waals surface area (Å²) in [5.74, 6) is 6.47. The minimum Gasteiger partial charge on any atom is -0.356 e. The number of hydrogen-bond acceptors (Lipinski definition) is 1. The molecule has 0 heterocycles. The monoisotopic (exact) mass is 415 g/mol. The van der Waals surface area contributed by atoms with Crippen molar-refractivity contribution in [3.8, 4) is 0 Å². The summed E-state index contributed by atoms with van der Waals surface area (Å²) in [7, 11) is 0. The summed E-state index contributed by atoms with van der Waals surface area (Å²) in [5.41, 5.74) is 1.14. The predicted molar refractivity (Wildman–Crippen MR) is 126 cm³/mol. The molecule has 0 radical (unpaired) electrons. The highest BCUT2D eigenvalue weighted by Gasteiger charge is 2.60. The first-order valence-corrected chi connectivity index (χ1v) is 13.5. The first kappa shape index (κ1) is 22.7. The van der Waals surface area contributed by atoms with E-state index in [0.29, 0.717) is 16.9 Å². The number of amides is 1. The van der Waals surface area contributed by atoms with Gasteiger partial charge in [0.1, 0.15) is 0 Å². The molecule has 0 aromatic heterocycles. The summed E-state index contributed by atoms with van der Waals surface area (Å²) in [6, 6.07) is 0.438. The molecule has 0 saturated heterocycles. The van der Waals surface area contributed by atoms with E-state index in [1.807, 2.05) is 0 Å². The molecule has 4 aliphatic carbocycles. The molecular weight excluding hydrogens is 366 g/mol. The average Bonchev–Trinajstić information content (AvgIpc) is 3.05. The van der Waals surface area contributed by atoms with Crippen molar-refractivity contribution >= 4 is 6.41 Å². The molecule has 4 saturated carbocycles. The zero-order valence-electron chi connectivity index (χ0n) is 20.6. The first-order valence-electron chi connectivity index (χ1n) is 13.5. The van der Waals surface area contributed by atoms with Crippen LogP contribution in [-0.4, -0.2) is 12.5 Å². The molecule has 0 bridgehead atoms. The minimum absolute atomic E-state index is 0.438. The second-order valence-electron chi connectivity index (χ2n) is 12.9. The molecule has 0 aromatic rings. The van der Waals surface area contributed by atoms with Gasteiger partial charge in [-0.1, -0.05) is 53.9 Å². The van der Waals surface area contributed by atoms with Gasteiger partial charge in [-0.25, -0.2) is 0 Å². The number of carbonyl (C=O) groups is 1. The highest BCUT2D eigenvalue weighted by atomic mass is 16.1. The molecule has 0 aromatic carbocycles. The molecule has 1 amide bonds. The van der Waals surface area contributed by atoms with Gasteiger partial charge < -0.3 is 5.32 Å². The molecule has 0 spiro atoms. The van der Waals surface area contributed by atoms with Crippen molar-refractivity contribution in [3.05, 3.63) is 0 Å². The van der Waals surface area contributed by atoms with Gasteiger partial charge in [0.15, 0.2) is 0 Å². The van der Waals surface area contributed by atoms with Crippen molar-refractivity contribution < 1.29 is 4.79 Å². The third-order valence-corrected chi connectivity index (χ3v) is 11.2. The van der Waals surface area contributed by atoms with E-state index in [0.717, 1.165) is 47.8 Å². The summed E-state index contributed by atoms with van der Waals surface area (Å²) in [6.07, 6.45) is 17.8. The Labute approximate surface area is 186 Å². The molecule has 9 atom stereocenters. The maximum absolute atomic E-state index is 11.0. The molecule has 0 aliphatic heterocycles. The van der Waals surface area contributed by atoms with Gasteiger partial charge in [0.25, 0.3) is 0 Å². The lowest BCUT2D eigenvalue weighted by atomic mass is 9.44. The number of fused-ring (bicyclic) bond motifs is 5. The fourth-order valence-electron chi connectivity index (χ4n) is 9.53. The smallest absolute Gasteiger partial charge is 0.207 e. The molecule has 2 nitrogen and oxygen atoms in total. The van der Waals surface area contributed by atoms with Crippen molar-refractivity contribution in [2.45, 2.75) is 118 Å². The van der Waals surface area contributed by atoms with Crippen LogP contribution in [0.15, 0.2) is 0 Å². The Hall–Kier alpha value is -0.530. The average molecular weight is 416 g/mol. The lowest BCUT2D eigenvalue weighted by molar-refractivity contribution is -0.122. The maximum Gasteiger partial charge on any atom is 0.207 e. The van der Waals surface area contributed by atoms with Crippen LogP contribution in [0.3, 0.4) is 0 Å². The van der Waals surface area contributed by atoms with Gasteiger partial charge in [0.2, 0.25) is 6.41 Å². The molecular formula is C28H49NO. The number of nitrogens with one attached hydrogen (secondary N) is 1. The Kier molecular flexibility index (Phi) is 6.63. The Morgan fingerprint density at radius 3 is 2.37 bits per heavy atom. The molecule has 4 aliphatic rings. The van der Waals surface area contributed by atoms with Crippen molar-refractivity contribution in [2.24, 2.45) is 52.3 Å². The standard InChI is InChI=1S/C28H49NO/c1-19(2)7-6-8-20(3)24-11-12-25-23-10-9-21-17-22(29-18-30)13-15-27(21,4)26(23)14-16-28(24,25)5/h18-26H,6-17H2,1-5H3,(H,29,30)/t20-,21-,22+,23+,24-,25+,26+,27+,28-/m1/s1. The van der Waals surface area contributed by atoms with E-state index < -0.39 is 0 Å². The van der Waals surface area contributed by atoms with E-state index >= 15 is 0 Å². The zero-order valence-corrected chi connectivity index (χ0v) is 20.6. The lowest BCUT2D eigenvalue weighted by Gasteiger charge is -2.61. The largest absolute Gasteiger partial charge is 0.356 e. The Morgan fingerprint density at radius 2 is 1.63 bits per heavy atom. The van der Waals surface area contributed by atoms with Crippen LogP contribution in [0.4, 0.5) is 0 Å². The third-order valence-electron chi connectivity index (χ3n) is 11.2. The van der Waals surface area contributed by atoms with Gasteiger partial charge in [-0.05, 0) is 110 Å². The predicted octanol–water partition coefficient (Wildman–Crippen LogP) is 7.22. The summed E-state index contributed by atoms with van der Waals surface area (Å²) in [4.78, 5) is 11.0. The quantitative estimate of drug-likeness (QED) is 0.437. The second-order valence-corrected chi connectivity index (χ2v) is 12.9. The van der Waals surface area contributed by atoms with Crippen LogP contribution in [-0.2, 0) is 4.79 Å². The van der Waals surface area contributed by atoms with Crippen LogP contribution < -0.4 is 5.32 Å². The topological polar surface area (TPSA) is 29.1 Å². The van der Waals surface area contributed by atoms with Gasteiger partial charge in [-0.15, -0.1) is 0 Å². The minimum atomic E-state index is 0.438. The molecule has 0 unspecified atom stereocenters. The Bertz CT molecular complexity index is 601. The van der Waals surface area contributed by atoms with Crippen molar-refractivity contribution in [2.75, 3.05) is 0 Å². The van der Waals surface area contributed by atoms with E-state index in [-0.39, 0.29) is 0 Å². The molecule has 30 heavy (non-hydrogen) atoms. The summed E-state index contributed by atoms with van der Waals surface area (Å²) >= 11 is 0. The SMILES string of the molecule is CC(C)CCC[C@@H](C)[C@H]1CC[C@H]2[C@@H]3CC[C@@H]4C[C@@H](NC=O)CC[C@]4(C)[C@H]3CC[C@]12C. The van der Waals surface area contributed by atoms with Crippen molar-refractivity contribution in [1.29, 1.82) is 0 Å². The van der Waals surface area contributed by atoms with Gasteiger partial charge in [-0.2, -0.15) is 0 Å².